The van der Waals surface area contributed by atoms with E-state index in [1.807, 2.05) is 0 Å². The molecule has 0 saturated carbocycles. The molecule has 11 aromatic rings. The number of rotatable bonds is 6. The zero-order valence-corrected chi connectivity index (χ0v) is 29.9. The summed E-state index contributed by atoms with van der Waals surface area (Å²) >= 11 is 0. The molecule has 0 saturated heterocycles. The van der Waals surface area contributed by atoms with Gasteiger partial charge in [-0.1, -0.05) is 164 Å². The largest absolute Gasteiger partial charge is 0.453 e. The van der Waals surface area contributed by atoms with E-state index < -0.39 is 0 Å². The molecule has 0 spiro atoms. The van der Waals surface area contributed by atoms with Crippen molar-refractivity contribution in [1.29, 1.82) is 0 Å². The first-order valence-electron chi connectivity index (χ1n) is 18.8. The minimum Gasteiger partial charge on any atom is -0.453 e. The van der Waals surface area contributed by atoms with Gasteiger partial charge in [-0.3, -0.25) is 0 Å². The van der Waals surface area contributed by atoms with E-state index in [9.17, 15) is 0 Å². The van der Waals surface area contributed by atoms with Crippen LogP contribution in [0.1, 0.15) is 0 Å². The van der Waals surface area contributed by atoms with Crippen molar-refractivity contribution in [2.75, 3.05) is 4.90 Å². The van der Waals surface area contributed by atoms with E-state index in [1.165, 1.54) is 38.1 Å². The minimum absolute atomic E-state index is 0.857. The third kappa shape index (κ3) is 4.98. The molecule has 0 bridgehead atoms. The Morgan fingerprint density at radius 2 is 0.927 bits per heavy atom. The zero-order chi connectivity index (χ0) is 36.3. The van der Waals surface area contributed by atoms with Crippen molar-refractivity contribution in [3.8, 4) is 27.9 Å². The van der Waals surface area contributed by atoms with Gasteiger partial charge in [0.1, 0.15) is 5.58 Å². The van der Waals surface area contributed by atoms with Crippen LogP contribution in [0, 0.1) is 0 Å². The fraction of sp³-hybridized carbons (Fsp3) is 0. The minimum atomic E-state index is 0.857. The summed E-state index contributed by atoms with van der Waals surface area (Å²) in [6.45, 7) is 0. The van der Waals surface area contributed by atoms with Gasteiger partial charge in [0.25, 0.3) is 0 Å². The van der Waals surface area contributed by atoms with Crippen LogP contribution in [-0.2, 0) is 0 Å². The normalized spacial score (nSPS) is 11.6. The molecule has 9 aromatic carbocycles. The number of hydrogen-bond acceptors (Lipinski definition) is 2. The lowest BCUT2D eigenvalue weighted by molar-refractivity contribution is 0.670. The number of para-hydroxylation sites is 5. The van der Waals surface area contributed by atoms with Gasteiger partial charge in [-0.05, 0) is 59.0 Å². The van der Waals surface area contributed by atoms with Gasteiger partial charge >= 0.3 is 0 Å². The van der Waals surface area contributed by atoms with Crippen LogP contribution in [-0.4, -0.2) is 4.57 Å². The van der Waals surface area contributed by atoms with Gasteiger partial charge in [0.15, 0.2) is 5.58 Å². The van der Waals surface area contributed by atoms with E-state index in [0.29, 0.717) is 0 Å². The van der Waals surface area contributed by atoms with E-state index in [1.54, 1.807) is 0 Å². The summed E-state index contributed by atoms with van der Waals surface area (Å²) in [5, 5.41) is 7.04. The van der Waals surface area contributed by atoms with E-state index in [-0.39, 0.29) is 0 Å². The third-order valence-electron chi connectivity index (χ3n) is 11.0. The Morgan fingerprint density at radius 1 is 0.364 bits per heavy atom. The number of hydrogen-bond donors (Lipinski definition) is 0. The zero-order valence-electron chi connectivity index (χ0n) is 29.9. The van der Waals surface area contributed by atoms with Crippen molar-refractivity contribution in [3.63, 3.8) is 0 Å². The molecule has 0 radical (unpaired) electrons. The highest BCUT2D eigenvalue weighted by Gasteiger charge is 2.23. The molecular formula is C52H34N2O. The van der Waals surface area contributed by atoms with Gasteiger partial charge in [0.05, 0.1) is 22.4 Å². The predicted molar refractivity (Wildman–Crippen MR) is 231 cm³/mol. The fourth-order valence-corrected chi connectivity index (χ4v) is 8.52. The Kier molecular flexibility index (Phi) is 7.17. The first kappa shape index (κ1) is 31.2. The highest BCUT2D eigenvalue weighted by Crippen LogP contribution is 2.46. The van der Waals surface area contributed by atoms with E-state index >= 15 is 0 Å². The van der Waals surface area contributed by atoms with Crippen LogP contribution in [0.4, 0.5) is 17.1 Å². The number of anilines is 3. The van der Waals surface area contributed by atoms with Crippen molar-refractivity contribution in [3.05, 3.63) is 206 Å². The lowest BCUT2D eigenvalue weighted by Crippen LogP contribution is -2.10. The standard InChI is InChI=1S/C52H34N2O/c1-3-15-36(16-4-1)42-24-13-26-45-46-27-14-30-49(52(46)55-51(42)45)53(47-29-11-18-35-17-7-8-21-40(35)47)39-33-31-37(32-34-39)41-23-12-25-44-43-22-9-10-28-48(43)54(50(41)44)38-19-5-2-6-20-38/h1-34H. The molecule has 258 valence electrons. The van der Waals surface area contributed by atoms with Gasteiger partial charge < -0.3 is 13.9 Å². The number of aromatic nitrogens is 1. The SMILES string of the molecule is c1ccc(-c2cccc3c2oc2c(N(c4ccc(-c5cccc6c7ccccc7n(-c7ccccc7)c56)cc4)c4cccc5ccccc45)cccc23)cc1. The Hall–Kier alpha value is -7.36. The Bertz CT molecular complexity index is 3190. The summed E-state index contributed by atoms with van der Waals surface area (Å²) in [7, 11) is 0. The van der Waals surface area contributed by atoms with Crippen LogP contribution < -0.4 is 4.90 Å². The van der Waals surface area contributed by atoms with Crippen molar-refractivity contribution >= 4 is 71.6 Å². The molecule has 0 N–H and O–H groups in total. The van der Waals surface area contributed by atoms with Crippen LogP contribution in [0.5, 0.6) is 0 Å². The summed E-state index contributed by atoms with van der Waals surface area (Å²) in [5.74, 6) is 0. The van der Waals surface area contributed by atoms with E-state index in [0.717, 1.165) is 61.4 Å². The Balaban J connectivity index is 1.13. The molecule has 0 amide bonds. The molecule has 0 atom stereocenters. The molecule has 0 aliphatic carbocycles. The summed E-state index contributed by atoms with van der Waals surface area (Å²) in [6, 6.07) is 73.7. The molecule has 3 heteroatoms. The Labute approximate surface area is 318 Å². The van der Waals surface area contributed by atoms with Gasteiger partial charge in [-0.15, -0.1) is 0 Å². The summed E-state index contributed by atoms with van der Waals surface area (Å²) in [5.41, 5.74) is 13.0. The van der Waals surface area contributed by atoms with E-state index in [2.05, 4.69) is 216 Å². The Morgan fingerprint density at radius 3 is 1.75 bits per heavy atom. The van der Waals surface area contributed by atoms with Crippen molar-refractivity contribution < 1.29 is 4.42 Å². The number of fused-ring (bicyclic) bond motifs is 7. The predicted octanol–water partition coefficient (Wildman–Crippen LogP) is 14.6. The molecule has 2 heterocycles. The van der Waals surface area contributed by atoms with Gasteiger partial charge in [-0.25, -0.2) is 0 Å². The quantitative estimate of drug-likeness (QED) is 0.172. The van der Waals surface area contributed by atoms with Crippen molar-refractivity contribution in [2.24, 2.45) is 0 Å². The van der Waals surface area contributed by atoms with Crippen LogP contribution >= 0.6 is 0 Å². The maximum absolute atomic E-state index is 6.99. The molecule has 0 fully saturated rings. The maximum atomic E-state index is 6.99. The summed E-state index contributed by atoms with van der Waals surface area (Å²) in [6.07, 6.45) is 0. The molecular weight excluding hydrogens is 669 g/mol. The van der Waals surface area contributed by atoms with Crippen LogP contribution in [0.3, 0.4) is 0 Å². The van der Waals surface area contributed by atoms with Crippen LogP contribution in [0.15, 0.2) is 211 Å². The second-order valence-electron chi connectivity index (χ2n) is 14.1. The summed E-state index contributed by atoms with van der Waals surface area (Å²) in [4.78, 5) is 2.36. The molecule has 11 rings (SSSR count). The molecule has 2 aromatic heterocycles. The summed E-state index contributed by atoms with van der Waals surface area (Å²) < 4.78 is 9.39. The number of benzene rings is 9. The second kappa shape index (κ2) is 12.6. The molecule has 0 aliphatic rings. The highest BCUT2D eigenvalue weighted by molar-refractivity contribution is 6.15. The van der Waals surface area contributed by atoms with Gasteiger partial charge in [0.2, 0.25) is 0 Å². The first-order valence-corrected chi connectivity index (χ1v) is 18.8. The van der Waals surface area contributed by atoms with Gasteiger partial charge in [0, 0.05) is 49.4 Å². The average molecular weight is 703 g/mol. The lowest BCUT2D eigenvalue weighted by atomic mass is 10.0. The fourth-order valence-electron chi connectivity index (χ4n) is 8.52. The lowest BCUT2D eigenvalue weighted by Gasteiger charge is -2.27. The molecule has 0 aliphatic heterocycles. The molecule has 55 heavy (non-hydrogen) atoms. The van der Waals surface area contributed by atoms with E-state index in [4.69, 9.17) is 4.42 Å². The third-order valence-corrected chi connectivity index (χ3v) is 11.0. The van der Waals surface area contributed by atoms with Crippen LogP contribution in [0.25, 0.3) is 82.5 Å². The second-order valence-corrected chi connectivity index (χ2v) is 14.1. The maximum Gasteiger partial charge on any atom is 0.159 e. The smallest absolute Gasteiger partial charge is 0.159 e. The number of nitrogens with zero attached hydrogens (tertiary/aromatic N) is 2. The monoisotopic (exact) mass is 702 g/mol. The molecule has 3 nitrogen and oxygen atoms in total. The van der Waals surface area contributed by atoms with Crippen molar-refractivity contribution in [1.82, 2.24) is 4.57 Å². The topological polar surface area (TPSA) is 21.3 Å². The first-order chi connectivity index (χ1) is 27.3. The van der Waals surface area contributed by atoms with Crippen molar-refractivity contribution in [2.45, 2.75) is 0 Å². The number of furan rings is 1. The molecule has 0 unspecified atom stereocenters. The van der Waals surface area contributed by atoms with Gasteiger partial charge in [-0.2, -0.15) is 0 Å². The average Bonchev–Trinajstić information content (AvgIpc) is 3.82. The highest BCUT2D eigenvalue weighted by atomic mass is 16.3. The van der Waals surface area contributed by atoms with Crippen LogP contribution in [0.2, 0.25) is 0 Å².